The molecule has 1 N–H and O–H groups in total. The maximum absolute atomic E-state index is 11.9. The quantitative estimate of drug-likeness (QED) is 0.574. The van der Waals surface area contributed by atoms with Crippen molar-refractivity contribution >= 4 is 22.3 Å². The van der Waals surface area contributed by atoms with Crippen LogP contribution in [0.3, 0.4) is 0 Å². The van der Waals surface area contributed by atoms with Crippen molar-refractivity contribution in [1.82, 2.24) is 9.97 Å². The van der Waals surface area contributed by atoms with Crippen LogP contribution in [-0.4, -0.2) is 28.5 Å². The third-order valence-corrected chi connectivity index (χ3v) is 4.72. The van der Waals surface area contributed by atoms with Gasteiger partial charge in [-0.2, -0.15) is 0 Å². The molecular formula is C18H16N4O4. The van der Waals surface area contributed by atoms with Crippen molar-refractivity contribution in [3.8, 4) is 5.75 Å². The Morgan fingerprint density at radius 2 is 2.19 bits per heavy atom. The first-order chi connectivity index (χ1) is 12.6. The Bertz CT molecular complexity index is 1080. The lowest BCUT2D eigenvalue weighted by atomic mass is 9.98. The van der Waals surface area contributed by atoms with Crippen molar-refractivity contribution in [2.75, 3.05) is 18.6 Å². The Morgan fingerprint density at radius 3 is 2.96 bits per heavy atom. The molecule has 0 fully saturated rings. The van der Waals surface area contributed by atoms with Crippen LogP contribution in [-0.2, 0) is 13.0 Å². The maximum atomic E-state index is 11.9. The van der Waals surface area contributed by atoms with E-state index in [1.54, 1.807) is 13.2 Å². The van der Waals surface area contributed by atoms with Gasteiger partial charge >= 0.3 is 0 Å². The van der Waals surface area contributed by atoms with Gasteiger partial charge in [-0.25, -0.2) is 4.98 Å². The number of rotatable bonds is 3. The van der Waals surface area contributed by atoms with Gasteiger partial charge < -0.3 is 14.6 Å². The standard InChI is InChI=1S/C18H16N4O4/c1-26-17-4-2-3-11-9-21(6-5-12(11)17)15-8-14-13(7-16(15)22(24)25)18(23)20-10-19-14/h2-4,7-8,10H,5-6,9H2,1H3,(H,19,20,23). The lowest BCUT2D eigenvalue weighted by Gasteiger charge is -2.31. The summed E-state index contributed by atoms with van der Waals surface area (Å²) in [7, 11) is 1.64. The summed E-state index contributed by atoms with van der Waals surface area (Å²) in [5, 5.41) is 11.8. The van der Waals surface area contributed by atoms with Crippen LogP contribution in [0.5, 0.6) is 5.75 Å². The Balaban J connectivity index is 1.83. The molecule has 0 saturated carbocycles. The van der Waals surface area contributed by atoms with E-state index in [0.29, 0.717) is 24.3 Å². The number of nitrogens with one attached hydrogen (secondary N) is 1. The van der Waals surface area contributed by atoms with Crippen LogP contribution in [0.15, 0.2) is 41.5 Å². The van der Waals surface area contributed by atoms with E-state index in [1.165, 1.54) is 12.4 Å². The highest BCUT2D eigenvalue weighted by Gasteiger charge is 2.26. The second-order valence-corrected chi connectivity index (χ2v) is 6.12. The van der Waals surface area contributed by atoms with Crippen LogP contribution in [0.2, 0.25) is 0 Å². The number of methoxy groups -OCH3 is 1. The van der Waals surface area contributed by atoms with Crippen molar-refractivity contribution < 1.29 is 9.66 Å². The van der Waals surface area contributed by atoms with Crippen LogP contribution in [0.25, 0.3) is 10.9 Å². The van der Waals surface area contributed by atoms with E-state index < -0.39 is 10.5 Å². The third-order valence-electron chi connectivity index (χ3n) is 4.72. The van der Waals surface area contributed by atoms with Crippen molar-refractivity contribution in [2.24, 2.45) is 0 Å². The lowest BCUT2D eigenvalue weighted by molar-refractivity contribution is -0.384. The molecule has 0 bridgehead atoms. The number of aromatic nitrogens is 2. The molecule has 0 radical (unpaired) electrons. The Hall–Kier alpha value is -3.42. The number of nitro benzene ring substituents is 1. The molecule has 0 atom stereocenters. The number of nitro groups is 1. The van der Waals surface area contributed by atoms with E-state index in [4.69, 9.17) is 4.74 Å². The van der Waals surface area contributed by atoms with Gasteiger partial charge in [0.05, 0.1) is 29.3 Å². The van der Waals surface area contributed by atoms with Crippen molar-refractivity contribution in [2.45, 2.75) is 13.0 Å². The molecule has 0 spiro atoms. The number of ether oxygens (including phenoxy) is 1. The summed E-state index contributed by atoms with van der Waals surface area (Å²) in [6.45, 7) is 1.14. The molecule has 8 heteroatoms. The predicted octanol–water partition coefficient (Wildman–Crippen LogP) is 2.40. The van der Waals surface area contributed by atoms with E-state index in [9.17, 15) is 14.9 Å². The fourth-order valence-corrected chi connectivity index (χ4v) is 3.46. The normalized spacial score (nSPS) is 13.5. The summed E-state index contributed by atoms with van der Waals surface area (Å²) in [6.07, 6.45) is 2.02. The highest BCUT2D eigenvalue weighted by molar-refractivity contribution is 5.87. The average Bonchev–Trinajstić information content (AvgIpc) is 2.66. The number of hydrogen-bond donors (Lipinski definition) is 1. The number of fused-ring (bicyclic) bond motifs is 2. The van der Waals surface area contributed by atoms with Crippen molar-refractivity contribution in [3.63, 3.8) is 0 Å². The van der Waals surface area contributed by atoms with Gasteiger partial charge in [-0.1, -0.05) is 12.1 Å². The summed E-state index contributed by atoms with van der Waals surface area (Å²) in [5.74, 6) is 0.836. The summed E-state index contributed by atoms with van der Waals surface area (Å²) >= 11 is 0. The minimum Gasteiger partial charge on any atom is -0.496 e. The van der Waals surface area contributed by atoms with E-state index in [1.807, 2.05) is 23.1 Å². The number of benzene rings is 2. The lowest BCUT2D eigenvalue weighted by Crippen LogP contribution is -2.31. The molecule has 1 aliphatic rings. The second kappa shape index (κ2) is 6.14. The Morgan fingerprint density at radius 1 is 1.35 bits per heavy atom. The molecule has 8 nitrogen and oxygen atoms in total. The second-order valence-electron chi connectivity index (χ2n) is 6.12. The number of H-pyrrole nitrogens is 1. The zero-order valence-corrected chi connectivity index (χ0v) is 14.1. The van der Waals surface area contributed by atoms with Gasteiger partial charge in [0.25, 0.3) is 11.2 Å². The molecule has 0 amide bonds. The smallest absolute Gasteiger partial charge is 0.293 e. The van der Waals surface area contributed by atoms with Gasteiger partial charge in [0, 0.05) is 24.7 Å². The van der Waals surface area contributed by atoms with Crippen LogP contribution >= 0.6 is 0 Å². The van der Waals surface area contributed by atoms with E-state index >= 15 is 0 Å². The summed E-state index contributed by atoms with van der Waals surface area (Å²) in [4.78, 5) is 31.6. The summed E-state index contributed by atoms with van der Waals surface area (Å²) in [5.41, 5.74) is 2.62. The number of hydrogen-bond acceptors (Lipinski definition) is 6. The fourth-order valence-electron chi connectivity index (χ4n) is 3.46. The molecule has 26 heavy (non-hydrogen) atoms. The molecule has 1 aliphatic heterocycles. The first kappa shape index (κ1) is 16.1. The van der Waals surface area contributed by atoms with Crippen LogP contribution in [0.1, 0.15) is 11.1 Å². The Kier molecular flexibility index (Phi) is 3.80. The molecule has 0 aliphatic carbocycles. The van der Waals surface area contributed by atoms with E-state index in [2.05, 4.69) is 9.97 Å². The van der Waals surface area contributed by atoms with Gasteiger partial charge in [-0.3, -0.25) is 14.9 Å². The van der Waals surface area contributed by atoms with Crippen molar-refractivity contribution in [3.05, 3.63) is 68.3 Å². The predicted molar refractivity (Wildman–Crippen MR) is 96.8 cm³/mol. The first-order valence-electron chi connectivity index (χ1n) is 8.14. The van der Waals surface area contributed by atoms with E-state index in [0.717, 1.165) is 23.3 Å². The number of nitrogens with zero attached hydrogens (tertiary/aromatic N) is 3. The van der Waals surface area contributed by atoms with Crippen LogP contribution < -0.4 is 15.2 Å². The van der Waals surface area contributed by atoms with Gasteiger partial charge in [0.1, 0.15) is 11.4 Å². The minimum atomic E-state index is -0.456. The van der Waals surface area contributed by atoms with Gasteiger partial charge in [0.2, 0.25) is 0 Å². The molecule has 3 aromatic rings. The van der Waals surface area contributed by atoms with Crippen LogP contribution in [0, 0.1) is 10.1 Å². The molecule has 0 saturated heterocycles. The molecule has 0 unspecified atom stereocenters. The largest absolute Gasteiger partial charge is 0.496 e. The number of anilines is 1. The summed E-state index contributed by atoms with van der Waals surface area (Å²) in [6, 6.07) is 8.76. The highest BCUT2D eigenvalue weighted by atomic mass is 16.6. The van der Waals surface area contributed by atoms with Gasteiger partial charge in [-0.15, -0.1) is 0 Å². The van der Waals surface area contributed by atoms with Gasteiger partial charge in [0.15, 0.2) is 0 Å². The molecule has 4 rings (SSSR count). The zero-order chi connectivity index (χ0) is 18.3. The first-order valence-corrected chi connectivity index (χ1v) is 8.14. The molecule has 2 heterocycles. The average molecular weight is 352 g/mol. The maximum Gasteiger partial charge on any atom is 0.293 e. The zero-order valence-electron chi connectivity index (χ0n) is 14.1. The van der Waals surface area contributed by atoms with E-state index in [-0.39, 0.29) is 11.1 Å². The molecule has 2 aromatic carbocycles. The highest BCUT2D eigenvalue weighted by Crippen LogP contribution is 2.36. The molecule has 132 valence electrons. The molecule has 1 aromatic heterocycles. The fraction of sp³-hybridized carbons (Fsp3) is 0.222. The SMILES string of the molecule is COc1cccc2c1CCN(c1cc3nc[nH]c(=O)c3cc1[N+](=O)[O-])C2. The third kappa shape index (κ3) is 2.55. The Labute approximate surface area is 148 Å². The molecular weight excluding hydrogens is 336 g/mol. The number of aromatic amines is 1. The van der Waals surface area contributed by atoms with Gasteiger partial charge in [-0.05, 0) is 24.1 Å². The monoisotopic (exact) mass is 352 g/mol. The van der Waals surface area contributed by atoms with Crippen LogP contribution in [0.4, 0.5) is 11.4 Å². The van der Waals surface area contributed by atoms with Crippen molar-refractivity contribution in [1.29, 1.82) is 0 Å². The minimum absolute atomic E-state index is 0.0950. The summed E-state index contributed by atoms with van der Waals surface area (Å²) < 4.78 is 5.41. The topological polar surface area (TPSA) is 101 Å².